The Morgan fingerprint density at radius 2 is 2.33 bits per heavy atom. The average molecular weight is 122 g/mol. The topological polar surface area (TPSA) is 53.0 Å². The minimum absolute atomic E-state index is 0.512. The number of rotatable bonds is 1. The number of nitrogen functional groups attached to an aromatic ring is 1. The summed E-state index contributed by atoms with van der Waals surface area (Å²) in [4.78, 5) is 3.90. The van der Waals surface area contributed by atoms with Crippen molar-refractivity contribution < 1.29 is 0 Å². The van der Waals surface area contributed by atoms with Crippen LogP contribution in [0.3, 0.4) is 0 Å². The van der Waals surface area contributed by atoms with Crippen LogP contribution in [-0.4, -0.2) is 12.0 Å². The van der Waals surface area contributed by atoms with Gasteiger partial charge in [0, 0.05) is 7.05 Å². The maximum absolute atomic E-state index is 5.36. The number of aromatic nitrogens is 1. The van der Waals surface area contributed by atoms with Crippen molar-refractivity contribution in [1.29, 1.82) is 0 Å². The highest BCUT2D eigenvalue weighted by Crippen LogP contribution is 2.03. The molecule has 1 aromatic rings. The third-order valence-corrected chi connectivity index (χ3v) is 0.985. The van der Waals surface area contributed by atoms with E-state index in [0.29, 0.717) is 11.6 Å². The van der Waals surface area contributed by atoms with Crippen LogP contribution in [0.5, 0.6) is 0 Å². The molecule has 0 bridgehead atoms. The average Bonchev–Trinajstić information content (AvgIpc) is 1.88. The van der Waals surface area contributed by atoms with E-state index in [1.54, 1.807) is 19.2 Å². The summed E-state index contributed by atoms with van der Waals surface area (Å²) in [5.41, 5.74) is 5.36. The van der Waals surface area contributed by atoms with Crippen LogP contribution in [0, 0.1) is 0 Å². The summed E-state index contributed by atoms with van der Waals surface area (Å²) in [5, 5.41) is 3.84. The Morgan fingerprint density at radius 3 is 2.78 bits per heavy atom. The quantitative estimate of drug-likeness (QED) is 0.590. The maximum Gasteiger partial charge on any atom is 0.149 e. The normalized spacial score (nSPS) is 9.00. The summed E-state index contributed by atoms with van der Waals surface area (Å²) in [7, 11) is 1.68. The lowest BCUT2D eigenvalue weighted by atomic mass is 10.4. The molecule has 9 heavy (non-hydrogen) atoms. The molecule has 0 aliphatic rings. The first kappa shape index (κ1) is 5.88. The molecular formula is C6H8N3. The summed E-state index contributed by atoms with van der Waals surface area (Å²) in [5.74, 6) is 1.19. The van der Waals surface area contributed by atoms with Crippen molar-refractivity contribution >= 4 is 11.6 Å². The Hall–Kier alpha value is -1.25. The van der Waals surface area contributed by atoms with E-state index in [9.17, 15) is 0 Å². The largest absolute Gasteiger partial charge is 0.384 e. The summed E-state index contributed by atoms with van der Waals surface area (Å²) < 4.78 is 0. The molecule has 0 amide bonds. The first-order chi connectivity index (χ1) is 4.33. The second kappa shape index (κ2) is 2.35. The lowest BCUT2D eigenvalue weighted by Gasteiger charge is -1.94. The zero-order valence-corrected chi connectivity index (χ0v) is 5.20. The molecular weight excluding hydrogens is 114 g/mol. The predicted molar refractivity (Wildman–Crippen MR) is 36.4 cm³/mol. The molecule has 0 aliphatic carbocycles. The lowest BCUT2D eigenvalue weighted by molar-refractivity contribution is 1.03. The van der Waals surface area contributed by atoms with E-state index in [1.165, 1.54) is 0 Å². The van der Waals surface area contributed by atoms with E-state index < -0.39 is 0 Å². The van der Waals surface area contributed by atoms with Crippen molar-refractivity contribution in [3.05, 3.63) is 18.2 Å². The van der Waals surface area contributed by atoms with E-state index in [2.05, 4.69) is 10.3 Å². The predicted octanol–water partition coefficient (Wildman–Crippen LogP) is 0.529. The highest BCUT2D eigenvalue weighted by molar-refractivity contribution is 5.36. The van der Waals surface area contributed by atoms with E-state index in [1.807, 2.05) is 6.07 Å². The van der Waals surface area contributed by atoms with Gasteiger partial charge in [0.15, 0.2) is 0 Å². The van der Waals surface area contributed by atoms with Gasteiger partial charge in [-0.1, -0.05) is 6.07 Å². The monoisotopic (exact) mass is 122 g/mol. The second-order valence-corrected chi connectivity index (χ2v) is 1.64. The molecule has 1 aromatic heterocycles. The Balaban J connectivity index is 2.94. The number of hydrogen-bond acceptors (Lipinski definition) is 2. The molecule has 1 rings (SSSR count). The molecule has 0 atom stereocenters. The van der Waals surface area contributed by atoms with Gasteiger partial charge >= 0.3 is 0 Å². The van der Waals surface area contributed by atoms with E-state index in [4.69, 9.17) is 5.73 Å². The zero-order valence-electron chi connectivity index (χ0n) is 5.20. The van der Waals surface area contributed by atoms with Gasteiger partial charge in [-0.3, -0.25) is 5.32 Å². The van der Waals surface area contributed by atoms with Gasteiger partial charge < -0.3 is 5.73 Å². The molecule has 1 heterocycles. The van der Waals surface area contributed by atoms with E-state index >= 15 is 0 Å². The van der Waals surface area contributed by atoms with Gasteiger partial charge in [0.05, 0.1) is 0 Å². The van der Waals surface area contributed by atoms with Crippen LogP contribution in [-0.2, 0) is 0 Å². The summed E-state index contributed by atoms with van der Waals surface area (Å²) >= 11 is 0. The highest BCUT2D eigenvalue weighted by atomic mass is 15.0. The molecule has 3 nitrogen and oxygen atoms in total. The Bertz CT molecular complexity index is 197. The number of nitrogens with two attached hydrogens (primary N) is 1. The Labute approximate surface area is 53.9 Å². The maximum atomic E-state index is 5.36. The standard InChI is InChI=1S/C6H8N3/c1-8-6-4-2-3-5(7)9-6/h2-4H,1H3,(H2,7,9). The van der Waals surface area contributed by atoms with Crippen molar-refractivity contribution in [2.24, 2.45) is 0 Å². The second-order valence-electron chi connectivity index (χ2n) is 1.64. The number of pyridine rings is 1. The van der Waals surface area contributed by atoms with Gasteiger partial charge in [-0.05, 0) is 12.1 Å². The summed E-state index contributed by atoms with van der Waals surface area (Å²) in [6, 6.07) is 5.36. The van der Waals surface area contributed by atoms with Crippen molar-refractivity contribution in [1.82, 2.24) is 10.3 Å². The fourth-order valence-corrected chi connectivity index (χ4v) is 0.564. The van der Waals surface area contributed by atoms with Gasteiger partial charge in [-0.25, -0.2) is 4.98 Å². The smallest absolute Gasteiger partial charge is 0.149 e. The molecule has 1 radical (unpaired) electrons. The Morgan fingerprint density at radius 1 is 1.56 bits per heavy atom. The van der Waals surface area contributed by atoms with Crippen molar-refractivity contribution in [3.8, 4) is 0 Å². The fraction of sp³-hybridized carbons (Fsp3) is 0.167. The van der Waals surface area contributed by atoms with Crippen molar-refractivity contribution in [3.63, 3.8) is 0 Å². The van der Waals surface area contributed by atoms with E-state index in [-0.39, 0.29) is 0 Å². The summed E-state index contributed by atoms with van der Waals surface area (Å²) in [6.45, 7) is 0. The molecule has 0 aliphatic heterocycles. The van der Waals surface area contributed by atoms with Crippen molar-refractivity contribution in [2.75, 3.05) is 12.8 Å². The zero-order chi connectivity index (χ0) is 6.69. The molecule has 3 heteroatoms. The molecule has 0 spiro atoms. The molecule has 0 aromatic carbocycles. The van der Waals surface area contributed by atoms with Crippen LogP contribution in [0.15, 0.2) is 18.2 Å². The fourth-order valence-electron chi connectivity index (χ4n) is 0.564. The number of anilines is 1. The van der Waals surface area contributed by atoms with Crippen LogP contribution in [0.4, 0.5) is 11.6 Å². The molecule has 0 saturated heterocycles. The first-order valence-electron chi connectivity index (χ1n) is 2.65. The minimum atomic E-state index is 0.512. The molecule has 2 N–H and O–H groups in total. The number of nitrogens with zero attached hydrogens (tertiary/aromatic N) is 2. The minimum Gasteiger partial charge on any atom is -0.384 e. The van der Waals surface area contributed by atoms with Crippen LogP contribution in [0.25, 0.3) is 0 Å². The third-order valence-electron chi connectivity index (χ3n) is 0.985. The van der Waals surface area contributed by atoms with Crippen LogP contribution >= 0.6 is 0 Å². The Kier molecular flexibility index (Phi) is 1.53. The molecule has 0 unspecified atom stereocenters. The van der Waals surface area contributed by atoms with Gasteiger partial charge in [-0.15, -0.1) is 0 Å². The summed E-state index contributed by atoms with van der Waals surface area (Å²) in [6.07, 6.45) is 0. The van der Waals surface area contributed by atoms with E-state index in [0.717, 1.165) is 0 Å². The van der Waals surface area contributed by atoms with Gasteiger partial charge in [-0.2, -0.15) is 0 Å². The van der Waals surface area contributed by atoms with Crippen LogP contribution < -0.4 is 11.1 Å². The van der Waals surface area contributed by atoms with Gasteiger partial charge in [0.2, 0.25) is 0 Å². The molecule has 47 valence electrons. The van der Waals surface area contributed by atoms with Gasteiger partial charge in [0.1, 0.15) is 11.6 Å². The molecule has 0 fully saturated rings. The lowest BCUT2D eigenvalue weighted by Crippen LogP contribution is -1.94. The number of hydrogen-bond donors (Lipinski definition) is 1. The van der Waals surface area contributed by atoms with Crippen molar-refractivity contribution in [2.45, 2.75) is 0 Å². The molecule has 0 saturated carbocycles. The van der Waals surface area contributed by atoms with Crippen LogP contribution in [0.2, 0.25) is 0 Å². The van der Waals surface area contributed by atoms with Gasteiger partial charge in [0.25, 0.3) is 0 Å². The highest BCUT2D eigenvalue weighted by Gasteiger charge is 1.88. The SMILES string of the molecule is C[N]c1cccc(N)n1. The first-order valence-corrected chi connectivity index (χ1v) is 2.65. The van der Waals surface area contributed by atoms with Crippen LogP contribution in [0.1, 0.15) is 0 Å². The third kappa shape index (κ3) is 1.32.